The molecule has 1 rings (SSSR count). The van der Waals surface area contributed by atoms with Crippen LogP contribution in [0.4, 0.5) is 0 Å². The number of unbranched alkanes of at least 4 members (excludes halogenated alkanes) is 1. The molecule has 0 aromatic carbocycles. The van der Waals surface area contributed by atoms with Crippen LogP contribution in [-0.2, 0) is 19.1 Å². The number of esters is 1. The summed E-state index contributed by atoms with van der Waals surface area (Å²) in [5, 5.41) is 12.2. The third-order valence-corrected chi connectivity index (χ3v) is 3.60. The molecule has 0 bridgehead atoms. The molecule has 7 nitrogen and oxygen atoms in total. The Morgan fingerprint density at radius 1 is 1.50 bits per heavy atom. The summed E-state index contributed by atoms with van der Waals surface area (Å²) in [6.45, 7) is 1.45. The zero-order valence-electron chi connectivity index (χ0n) is 12.9. The van der Waals surface area contributed by atoms with E-state index in [9.17, 15) is 19.5 Å². The van der Waals surface area contributed by atoms with Crippen molar-refractivity contribution in [2.24, 2.45) is 0 Å². The second-order valence-corrected chi connectivity index (χ2v) is 5.26. The number of carbonyl (C=O) groups is 3. The minimum Gasteiger partial charge on any atom is -0.467 e. The number of amides is 2. The SMILES string of the molecule is C#CCCC[C@@H](NC(=O)[C@@H]1C[C@@H](O)CN1C(C)=O)C(=O)OC. The van der Waals surface area contributed by atoms with Gasteiger partial charge in [-0.3, -0.25) is 9.59 Å². The lowest BCUT2D eigenvalue weighted by Gasteiger charge is -2.24. The summed E-state index contributed by atoms with van der Waals surface area (Å²) in [5.74, 6) is 1.15. The number of likely N-dealkylation sites (tertiary alicyclic amines) is 1. The van der Waals surface area contributed by atoms with E-state index in [-0.39, 0.29) is 18.9 Å². The maximum Gasteiger partial charge on any atom is 0.328 e. The fourth-order valence-corrected chi connectivity index (χ4v) is 2.48. The van der Waals surface area contributed by atoms with Gasteiger partial charge in [-0.1, -0.05) is 0 Å². The Morgan fingerprint density at radius 3 is 2.73 bits per heavy atom. The van der Waals surface area contributed by atoms with Crippen LogP contribution < -0.4 is 5.32 Å². The average molecular weight is 310 g/mol. The summed E-state index contributed by atoms with van der Waals surface area (Å²) in [6.07, 6.45) is 6.00. The molecule has 0 saturated carbocycles. The smallest absolute Gasteiger partial charge is 0.328 e. The predicted octanol–water partition coefficient (Wildman–Crippen LogP) is -0.571. The van der Waals surface area contributed by atoms with Crippen LogP contribution in [0.2, 0.25) is 0 Å². The number of hydrogen-bond donors (Lipinski definition) is 2. The quantitative estimate of drug-likeness (QED) is 0.389. The van der Waals surface area contributed by atoms with E-state index >= 15 is 0 Å². The Hall–Kier alpha value is -2.07. The van der Waals surface area contributed by atoms with Crippen molar-refractivity contribution >= 4 is 17.8 Å². The molecule has 0 radical (unpaired) electrons. The molecule has 1 aliphatic heterocycles. The van der Waals surface area contributed by atoms with Crippen LogP contribution in [0.3, 0.4) is 0 Å². The molecule has 0 unspecified atom stereocenters. The zero-order valence-corrected chi connectivity index (χ0v) is 12.9. The first-order valence-corrected chi connectivity index (χ1v) is 7.17. The summed E-state index contributed by atoms with van der Waals surface area (Å²) in [7, 11) is 1.24. The van der Waals surface area contributed by atoms with Gasteiger partial charge >= 0.3 is 5.97 Å². The Balaban J connectivity index is 2.71. The maximum absolute atomic E-state index is 12.3. The number of methoxy groups -OCH3 is 1. The van der Waals surface area contributed by atoms with Gasteiger partial charge in [0.25, 0.3) is 0 Å². The lowest BCUT2D eigenvalue weighted by molar-refractivity contribution is -0.146. The first kappa shape index (κ1) is 18.0. The van der Waals surface area contributed by atoms with Crippen molar-refractivity contribution in [3.8, 4) is 12.3 Å². The van der Waals surface area contributed by atoms with Crippen molar-refractivity contribution in [2.75, 3.05) is 13.7 Å². The Labute approximate surface area is 130 Å². The molecule has 22 heavy (non-hydrogen) atoms. The number of nitrogens with zero attached hydrogens (tertiary/aromatic N) is 1. The number of ether oxygens (including phenoxy) is 1. The number of aliphatic hydroxyl groups excluding tert-OH is 1. The third-order valence-electron chi connectivity index (χ3n) is 3.60. The van der Waals surface area contributed by atoms with Crippen molar-refractivity contribution in [1.29, 1.82) is 0 Å². The van der Waals surface area contributed by atoms with Gasteiger partial charge in [0.15, 0.2) is 0 Å². The molecule has 122 valence electrons. The highest BCUT2D eigenvalue weighted by atomic mass is 16.5. The minimum absolute atomic E-state index is 0.118. The van der Waals surface area contributed by atoms with Crippen LogP contribution in [0.15, 0.2) is 0 Å². The predicted molar refractivity (Wildman–Crippen MR) is 78.4 cm³/mol. The van der Waals surface area contributed by atoms with Gasteiger partial charge in [-0.05, 0) is 12.8 Å². The van der Waals surface area contributed by atoms with Crippen molar-refractivity contribution in [1.82, 2.24) is 10.2 Å². The lowest BCUT2D eigenvalue weighted by Crippen LogP contribution is -2.50. The number of carbonyl (C=O) groups excluding carboxylic acids is 3. The van der Waals surface area contributed by atoms with E-state index in [0.29, 0.717) is 19.3 Å². The van der Waals surface area contributed by atoms with Crippen LogP contribution in [0.5, 0.6) is 0 Å². The molecule has 2 amide bonds. The topological polar surface area (TPSA) is 95.9 Å². The Bertz CT molecular complexity index is 471. The van der Waals surface area contributed by atoms with Crippen LogP contribution >= 0.6 is 0 Å². The lowest BCUT2D eigenvalue weighted by atomic mass is 10.1. The number of nitrogens with one attached hydrogen (secondary N) is 1. The molecule has 3 atom stereocenters. The van der Waals surface area contributed by atoms with Gasteiger partial charge in [-0.25, -0.2) is 4.79 Å². The summed E-state index contributed by atoms with van der Waals surface area (Å²) in [6, 6.07) is -1.58. The second-order valence-electron chi connectivity index (χ2n) is 5.26. The summed E-state index contributed by atoms with van der Waals surface area (Å²) in [4.78, 5) is 36.8. The largest absolute Gasteiger partial charge is 0.467 e. The van der Waals surface area contributed by atoms with E-state index in [2.05, 4.69) is 16.0 Å². The van der Waals surface area contributed by atoms with E-state index in [1.807, 2.05) is 0 Å². The van der Waals surface area contributed by atoms with Gasteiger partial charge in [0, 0.05) is 26.3 Å². The molecule has 7 heteroatoms. The minimum atomic E-state index is -0.808. The average Bonchev–Trinajstić information content (AvgIpc) is 2.88. The summed E-state index contributed by atoms with van der Waals surface area (Å²) in [5.41, 5.74) is 0. The molecule has 1 aliphatic rings. The highest BCUT2D eigenvalue weighted by Gasteiger charge is 2.38. The van der Waals surface area contributed by atoms with Crippen LogP contribution in [-0.4, -0.2) is 59.6 Å². The van der Waals surface area contributed by atoms with Crippen LogP contribution in [0.25, 0.3) is 0 Å². The standard InChI is InChI=1S/C15H22N2O5/c1-4-5-6-7-12(15(21)22-3)16-14(20)13-8-11(19)9-17(13)10(2)18/h1,11-13,19H,5-9H2,2-3H3,(H,16,20)/t11-,12-,13+/m1/s1. The number of β-amino-alcohol motifs (C(OH)–C–C–N with tert-alkyl or cyclic N) is 1. The van der Waals surface area contributed by atoms with Crippen molar-refractivity contribution in [2.45, 2.75) is 50.8 Å². The zero-order chi connectivity index (χ0) is 16.7. The van der Waals surface area contributed by atoms with E-state index in [4.69, 9.17) is 6.42 Å². The van der Waals surface area contributed by atoms with E-state index in [1.54, 1.807) is 0 Å². The first-order chi connectivity index (χ1) is 10.4. The van der Waals surface area contributed by atoms with Crippen LogP contribution in [0.1, 0.15) is 32.6 Å². The van der Waals surface area contributed by atoms with Gasteiger partial charge < -0.3 is 20.1 Å². The first-order valence-electron chi connectivity index (χ1n) is 7.17. The molecule has 0 spiro atoms. The number of aliphatic hydroxyl groups is 1. The fraction of sp³-hybridized carbons (Fsp3) is 0.667. The van der Waals surface area contributed by atoms with Gasteiger partial charge in [0.1, 0.15) is 12.1 Å². The molecular formula is C15H22N2O5. The summed E-state index contributed by atoms with van der Waals surface area (Å²) >= 11 is 0. The highest BCUT2D eigenvalue weighted by molar-refractivity contribution is 5.90. The highest BCUT2D eigenvalue weighted by Crippen LogP contribution is 2.18. The number of terminal acetylenes is 1. The van der Waals surface area contributed by atoms with Gasteiger partial charge in [0.2, 0.25) is 11.8 Å². The third kappa shape index (κ3) is 4.74. The fourth-order valence-electron chi connectivity index (χ4n) is 2.48. The normalized spacial score (nSPS) is 21.8. The molecule has 0 aromatic rings. The summed E-state index contributed by atoms with van der Waals surface area (Å²) < 4.78 is 4.67. The molecule has 2 N–H and O–H groups in total. The maximum atomic E-state index is 12.3. The van der Waals surface area contributed by atoms with E-state index in [1.165, 1.54) is 18.9 Å². The van der Waals surface area contributed by atoms with Gasteiger partial charge in [-0.2, -0.15) is 0 Å². The van der Waals surface area contributed by atoms with E-state index in [0.717, 1.165) is 0 Å². The Kier molecular flexibility index (Phi) is 6.86. The second kappa shape index (κ2) is 8.39. The molecule has 0 aliphatic carbocycles. The molecule has 1 fully saturated rings. The van der Waals surface area contributed by atoms with E-state index < -0.39 is 30.1 Å². The van der Waals surface area contributed by atoms with Crippen molar-refractivity contribution < 1.29 is 24.2 Å². The van der Waals surface area contributed by atoms with Crippen LogP contribution in [0, 0.1) is 12.3 Å². The molecular weight excluding hydrogens is 288 g/mol. The molecule has 1 heterocycles. The number of hydrogen-bond acceptors (Lipinski definition) is 5. The molecule has 1 saturated heterocycles. The van der Waals surface area contributed by atoms with Crippen molar-refractivity contribution in [3.05, 3.63) is 0 Å². The Morgan fingerprint density at radius 2 is 2.18 bits per heavy atom. The number of rotatable bonds is 6. The van der Waals surface area contributed by atoms with Gasteiger partial charge in [0.05, 0.1) is 13.2 Å². The van der Waals surface area contributed by atoms with Crippen molar-refractivity contribution in [3.63, 3.8) is 0 Å². The molecule has 0 aromatic heterocycles. The monoisotopic (exact) mass is 310 g/mol. The van der Waals surface area contributed by atoms with Gasteiger partial charge in [-0.15, -0.1) is 12.3 Å².